The fourth-order valence-electron chi connectivity index (χ4n) is 2.58. The Morgan fingerprint density at radius 2 is 2.00 bits per heavy atom. The lowest BCUT2D eigenvalue weighted by Gasteiger charge is -2.05. The normalized spacial score (nSPS) is 11.1. The second-order valence-corrected chi connectivity index (χ2v) is 5.50. The number of phenols is 1. The van der Waals surface area contributed by atoms with Crippen LogP contribution in [0.1, 0.15) is 11.3 Å². The van der Waals surface area contributed by atoms with Crippen LogP contribution in [0, 0.1) is 19.7 Å². The van der Waals surface area contributed by atoms with Crippen molar-refractivity contribution in [2.75, 3.05) is 0 Å². The van der Waals surface area contributed by atoms with Crippen molar-refractivity contribution in [1.82, 2.24) is 9.78 Å². The number of aromatic hydroxyl groups is 1. The van der Waals surface area contributed by atoms with Gasteiger partial charge in [-0.1, -0.05) is 0 Å². The summed E-state index contributed by atoms with van der Waals surface area (Å²) in [5.41, 5.74) is 3.11. The first kappa shape index (κ1) is 14.7. The maximum Gasteiger partial charge on any atom is 0.196 e. The topological polar surface area (TPSA) is 51.2 Å². The summed E-state index contributed by atoms with van der Waals surface area (Å²) in [5, 5.41) is 14.0. The molecule has 6 heteroatoms. The predicted molar refractivity (Wildman–Crippen MR) is 82.5 cm³/mol. The number of hydrogen-bond acceptors (Lipinski definition) is 3. The molecule has 0 spiro atoms. The molecule has 0 aliphatic heterocycles. The van der Waals surface area contributed by atoms with Crippen LogP contribution in [0.2, 0.25) is 5.22 Å². The molecule has 0 atom stereocenters. The Kier molecular flexibility index (Phi) is 3.45. The van der Waals surface area contributed by atoms with Crippen LogP contribution in [0.4, 0.5) is 4.39 Å². The van der Waals surface area contributed by atoms with Crippen molar-refractivity contribution in [1.29, 1.82) is 0 Å². The number of aryl methyl sites for hydroxylation is 2. The zero-order valence-corrected chi connectivity index (χ0v) is 13.1. The lowest BCUT2D eigenvalue weighted by molar-refractivity contribution is 0.469. The van der Waals surface area contributed by atoms with Crippen molar-refractivity contribution in [3.05, 3.63) is 46.8 Å². The van der Waals surface area contributed by atoms with Gasteiger partial charge >= 0.3 is 0 Å². The lowest BCUT2D eigenvalue weighted by Crippen LogP contribution is -1.90. The van der Waals surface area contributed by atoms with Crippen LogP contribution in [0.5, 0.6) is 5.75 Å². The second-order valence-electron chi connectivity index (χ2n) is 5.16. The maximum atomic E-state index is 14.2. The number of benzene rings is 1. The number of furan rings is 1. The van der Waals surface area contributed by atoms with Gasteiger partial charge in [0.2, 0.25) is 0 Å². The van der Waals surface area contributed by atoms with Gasteiger partial charge in [-0.2, -0.15) is 5.10 Å². The summed E-state index contributed by atoms with van der Waals surface area (Å²) in [5.74, 6) is -0.0155. The molecule has 0 bridgehead atoms. The smallest absolute Gasteiger partial charge is 0.196 e. The molecule has 1 aromatic carbocycles. The van der Waals surface area contributed by atoms with E-state index in [0.29, 0.717) is 22.2 Å². The van der Waals surface area contributed by atoms with E-state index in [4.69, 9.17) is 16.0 Å². The molecule has 1 N–H and O–H groups in total. The molecule has 0 aliphatic carbocycles. The molecule has 0 unspecified atom stereocenters. The molecule has 0 saturated heterocycles. The summed E-state index contributed by atoms with van der Waals surface area (Å²) in [6.45, 7) is 3.65. The zero-order valence-electron chi connectivity index (χ0n) is 12.3. The molecule has 3 rings (SSSR count). The Morgan fingerprint density at radius 1 is 1.27 bits per heavy atom. The fourth-order valence-corrected chi connectivity index (χ4v) is 2.79. The number of hydrogen-bond donors (Lipinski definition) is 1. The van der Waals surface area contributed by atoms with Gasteiger partial charge in [0.1, 0.15) is 23.0 Å². The van der Waals surface area contributed by atoms with E-state index in [9.17, 15) is 9.50 Å². The Labute approximate surface area is 131 Å². The van der Waals surface area contributed by atoms with Gasteiger partial charge in [0.25, 0.3) is 0 Å². The molecule has 0 aliphatic rings. The molecule has 114 valence electrons. The summed E-state index contributed by atoms with van der Waals surface area (Å²) in [4.78, 5) is 0. The number of phenolic OH excluding ortho intramolecular Hbond substituents is 1. The van der Waals surface area contributed by atoms with Gasteiger partial charge in [0.15, 0.2) is 5.22 Å². The summed E-state index contributed by atoms with van der Waals surface area (Å²) in [6.07, 6.45) is 1.79. The van der Waals surface area contributed by atoms with Gasteiger partial charge in [-0.3, -0.25) is 4.68 Å². The highest BCUT2D eigenvalue weighted by Gasteiger charge is 2.22. The molecule has 0 saturated carbocycles. The third-order valence-electron chi connectivity index (χ3n) is 3.57. The van der Waals surface area contributed by atoms with Crippen molar-refractivity contribution in [3.8, 4) is 28.1 Å². The Hall–Kier alpha value is -2.27. The van der Waals surface area contributed by atoms with E-state index in [0.717, 1.165) is 22.8 Å². The highest BCUT2D eigenvalue weighted by Crippen LogP contribution is 2.40. The highest BCUT2D eigenvalue weighted by molar-refractivity contribution is 6.30. The third-order valence-corrected chi connectivity index (χ3v) is 3.93. The van der Waals surface area contributed by atoms with Crippen LogP contribution >= 0.6 is 11.6 Å². The van der Waals surface area contributed by atoms with Gasteiger partial charge in [0.05, 0.1) is 0 Å². The van der Waals surface area contributed by atoms with Crippen LogP contribution in [0.15, 0.2) is 28.8 Å². The van der Waals surface area contributed by atoms with Crippen LogP contribution in [0.3, 0.4) is 0 Å². The van der Waals surface area contributed by atoms with E-state index in [1.54, 1.807) is 24.9 Å². The van der Waals surface area contributed by atoms with Gasteiger partial charge in [-0.15, -0.1) is 0 Å². The molecular formula is C16H14ClFN2O2. The monoisotopic (exact) mass is 320 g/mol. The molecular weight excluding hydrogens is 307 g/mol. The quantitative estimate of drug-likeness (QED) is 0.758. The minimum absolute atomic E-state index is 0.127. The van der Waals surface area contributed by atoms with E-state index in [2.05, 4.69) is 5.10 Å². The van der Waals surface area contributed by atoms with Crippen LogP contribution in [0.25, 0.3) is 22.4 Å². The molecule has 22 heavy (non-hydrogen) atoms. The summed E-state index contributed by atoms with van der Waals surface area (Å²) in [7, 11) is 1.76. The molecule has 4 nitrogen and oxygen atoms in total. The van der Waals surface area contributed by atoms with Crippen molar-refractivity contribution < 1.29 is 13.9 Å². The third kappa shape index (κ3) is 2.27. The van der Waals surface area contributed by atoms with Crippen molar-refractivity contribution in [2.45, 2.75) is 13.8 Å². The van der Waals surface area contributed by atoms with E-state index in [1.165, 1.54) is 12.1 Å². The van der Waals surface area contributed by atoms with Gasteiger partial charge in [-0.25, -0.2) is 4.39 Å². The van der Waals surface area contributed by atoms with Gasteiger partial charge in [0, 0.05) is 41.6 Å². The van der Waals surface area contributed by atoms with Crippen LogP contribution < -0.4 is 0 Å². The standard InChI is InChI=1S/C16H14ClFN2O2/c1-8-14(9(2)22-16(8)17)12-7-20(3)19-15(12)11-5-4-10(21)6-13(11)18/h4-7,21H,1-3H3. The van der Waals surface area contributed by atoms with E-state index >= 15 is 0 Å². The Balaban J connectivity index is 2.27. The minimum atomic E-state index is -0.537. The zero-order chi connectivity index (χ0) is 16.0. The average molecular weight is 321 g/mol. The minimum Gasteiger partial charge on any atom is -0.508 e. The van der Waals surface area contributed by atoms with Crippen molar-refractivity contribution in [2.24, 2.45) is 7.05 Å². The van der Waals surface area contributed by atoms with Crippen molar-refractivity contribution >= 4 is 11.6 Å². The lowest BCUT2D eigenvalue weighted by atomic mass is 9.99. The van der Waals surface area contributed by atoms with E-state index in [1.807, 2.05) is 6.92 Å². The summed E-state index contributed by atoms with van der Waals surface area (Å²) in [6, 6.07) is 4.00. The van der Waals surface area contributed by atoms with Crippen LogP contribution in [-0.4, -0.2) is 14.9 Å². The molecule has 0 radical (unpaired) electrons. The molecule has 0 fully saturated rings. The molecule has 3 aromatic rings. The average Bonchev–Trinajstić information content (AvgIpc) is 2.90. The SMILES string of the molecule is Cc1oc(Cl)c(C)c1-c1cn(C)nc1-c1ccc(O)cc1F. The van der Waals surface area contributed by atoms with E-state index in [-0.39, 0.29) is 5.75 Å². The first-order chi connectivity index (χ1) is 10.4. The number of nitrogens with zero attached hydrogens (tertiary/aromatic N) is 2. The number of aromatic nitrogens is 2. The first-order valence-electron chi connectivity index (χ1n) is 6.67. The largest absolute Gasteiger partial charge is 0.508 e. The molecule has 0 amide bonds. The first-order valence-corrected chi connectivity index (χ1v) is 7.04. The molecule has 2 aromatic heterocycles. The highest BCUT2D eigenvalue weighted by atomic mass is 35.5. The fraction of sp³-hybridized carbons (Fsp3) is 0.188. The Morgan fingerprint density at radius 3 is 2.59 bits per heavy atom. The Bertz CT molecular complexity index is 867. The van der Waals surface area contributed by atoms with Crippen molar-refractivity contribution in [3.63, 3.8) is 0 Å². The van der Waals surface area contributed by atoms with Crippen LogP contribution in [-0.2, 0) is 7.05 Å². The van der Waals surface area contributed by atoms with Gasteiger partial charge in [-0.05, 0) is 37.6 Å². The summed E-state index contributed by atoms with van der Waals surface area (Å²) < 4.78 is 21.2. The predicted octanol–water partition coefficient (Wildman–Crippen LogP) is 4.46. The van der Waals surface area contributed by atoms with E-state index < -0.39 is 5.82 Å². The maximum absolute atomic E-state index is 14.2. The second kappa shape index (κ2) is 5.18. The van der Waals surface area contributed by atoms with Gasteiger partial charge < -0.3 is 9.52 Å². The number of rotatable bonds is 2. The number of halogens is 2. The summed E-state index contributed by atoms with van der Waals surface area (Å²) >= 11 is 6.04. The molecule has 2 heterocycles.